The van der Waals surface area contributed by atoms with Gasteiger partial charge in [-0.25, -0.2) is 0 Å². The van der Waals surface area contributed by atoms with Gasteiger partial charge in [0.05, 0.1) is 12.1 Å². The highest BCUT2D eigenvalue weighted by atomic mass is 15.3. The Kier molecular flexibility index (Phi) is 3.45. The molecule has 1 fully saturated rings. The van der Waals surface area contributed by atoms with Crippen LogP contribution in [0.5, 0.6) is 0 Å². The zero-order valence-corrected chi connectivity index (χ0v) is 12.3. The predicted molar refractivity (Wildman–Crippen MR) is 88.1 cm³/mol. The second-order valence-corrected chi connectivity index (χ2v) is 5.74. The highest BCUT2D eigenvalue weighted by Gasteiger charge is 2.48. The van der Waals surface area contributed by atoms with Crippen LogP contribution in [-0.4, -0.2) is 9.88 Å². The van der Waals surface area contributed by atoms with Crippen LogP contribution in [0.25, 0.3) is 0 Å². The molecular weight excluding hydrogens is 268 g/mol. The van der Waals surface area contributed by atoms with Crippen molar-refractivity contribution in [2.45, 2.75) is 18.6 Å². The van der Waals surface area contributed by atoms with E-state index in [1.165, 1.54) is 16.7 Å². The lowest BCUT2D eigenvalue weighted by Gasteiger charge is -2.04. The Morgan fingerprint density at radius 1 is 0.727 bits per heavy atom. The Morgan fingerprint density at radius 2 is 1.36 bits per heavy atom. The summed E-state index contributed by atoms with van der Waals surface area (Å²) in [6.45, 7) is 0.972. The van der Waals surface area contributed by atoms with Crippen LogP contribution in [0.4, 0.5) is 0 Å². The molecule has 3 atom stereocenters. The Balaban J connectivity index is 1.63. The molecule has 3 aromatic rings. The van der Waals surface area contributed by atoms with Crippen molar-refractivity contribution in [2.75, 3.05) is 0 Å². The molecule has 1 aromatic heterocycles. The molecule has 22 heavy (non-hydrogen) atoms. The Bertz CT molecular complexity index is 680. The molecule has 1 aliphatic rings. The van der Waals surface area contributed by atoms with Gasteiger partial charge in [-0.05, 0) is 22.8 Å². The van der Waals surface area contributed by atoms with Gasteiger partial charge in [-0.3, -0.25) is 9.88 Å². The van der Waals surface area contributed by atoms with E-state index >= 15 is 0 Å². The highest BCUT2D eigenvalue weighted by Crippen LogP contribution is 2.55. The first-order chi connectivity index (χ1) is 10.9. The van der Waals surface area contributed by atoms with Crippen molar-refractivity contribution in [3.05, 3.63) is 102 Å². The van der Waals surface area contributed by atoms with E-state index in [1.54, 1.807) is 0 Å². The summed E-state index contributed by atoms with van der Waals surface area (Å²) in [6.07, 6.45) is 3.83. The van der Waals surface area contributed by atoms with E-state index in [1.807, 2.05) is 18.5 Å². The van der Waals surface area contributed by atoms with Gasteiger partial charge in [0.2, 0.25) is 0 Å². The second kappa shape index (κ2) is 5.74. The second-order valence-electron chi connectivity index (χ2n) is 5.74. The summed E-state index contributed by atoms with van der Waals surface area (Å²) in [5.41, 5.74) is 4.04. The average molecular weight is 286 g/mol. The van der Waals surface area contributed by atoms with Crippen molar-refractivity contribution in [2.24, 2.45) is 0 Å². The number of rotatable bonds is 4. The predicted octanol–water partition coefficient (Wildman–Crippen LogP) is 4.38. The molecular formula is C20H18N2. The van der Waals surface area contributed by atoms with Crippen LogP contribution in [0, 0.1) is 0 Å². The summed E-state index contributed by atoms with van der Waals surface area (Å²) < 4.78 is 0. The summed E-state index contributed by atoms with van der Waals surface area (Å²) >= 11 is 0. The standard InChI is InChI=1S/C20H18N2/c1-3-8-16(9-4-1)15-22-19(17-10-5-2-6-11-17)20(22)18-12-7-13-21-14-18/h1-14,19-20H,15H2. The molecule has 1 aliphatic heterocycles. The first-order valence-corrected chi connectivity index (χ1v) is 7.68. The lowest BCUT2D eigenvalue weighted by atomic mass is 10.1. The molecule has 1 saturated heterocycles. The summed E-state index contributed by atoms with van der Waals surface area (Å²) in [7, 11) is 0. The highest BCUT2D eigenvalue weighted by molar-refractivity contribution is 5.34. The van der Waals surface area contributed by atoms with E-state index in [0.29, 0.717) is 12.1 Å². The molecule has 4 rings (SSSR count). The van der Waals surface area contributed by atoms with Crippen LogP contribution < -0.4 is 0 Å². The Hall–Kier alpha value is -2.45. The number of benzene rings is 2. The Labute approximate surface area is 131 Å². The molecule has 2 heteroatoms. The quantitative estimate of drug-likeness (QED) is 0.662. The summed E-state index contributed by atoms with van der Waals surface area (Å²) in [4.78, 5) is 6.82. The summed E-state index contributed by atoms with van der Waals surface area (Å²) in [5.74, 6) is 0. The monoisotopic (exact) mass is 286 g/mol. The van der Waals surface area contributed by atoms with E-state index < -0.39 is 0 Å². The smallest absolute Gasteiger partial charge is 0.0571 e. The van der Waals surface area contributed by atoms with Gasteiger partial charge in [-0.1, -0.05) is 66.7 Å². The van der Waals surface area contributed by atoms with Gasteiger partial charge >= 0.3 is 0 Å². The van der Waals surface area contributed by atoms with Crippen LogP contribution in [0.15, 0.2) is 85.2 Å². The molecule has 2 aromatic carbocycles. The lowest BCUT2D eigenvalue weighted by molar-refractivity contribution is 0.480. The maximum absolute atomic E-state index is 4.29. The minimum absolute atomic E-state index is 0.427. The van der Waals surface area contributed by atoms with Gasteiger partial charge in [-0.2, -0.15) is 0 Å². The molecule has 3 unspecified atom stereocenters. The van der Waals surface area contributed by atoms with E-state index in [4.69, 9.17) is 0 Å². The molecule has 0 radical (unpaired) electrons. The Morgan fingerprint density at radius 3 is 2.05 bits per heavy atom. The molecule has 2 nitrogen and oxygen atoms in total. The molecule has 2 heterocycles. The molecule has 0 spiro atoms. The molecule has 0 saturated carbocycles. The lowest BCUT2D eigenvalue weighted by Crippen LogP contribution is -1.99. The van der Waals surface area contributed by atoms with Crippen molar-refractivity contribution < 1.29 is 0 Å². The zero-order chi connectivity index (χ0) is 14.8. The van der Waals surface area contributed by atoms with Gasteiger partial charge < -0.3 is 0 Å². The maximum atomic E-state index is 4.29. The zero-order valence-electron chi connectivity index (χ0n) is 12.3. The third-order valence-corrected chi connectivity index (χ3v) is 4.30. The van der Waals surface area contributed by atoms with Crippen molar-refractivity contribution in [3.8, 4) is 0 Å². The summed E-state index contributed by atoms with van der Waals surface area (Å²) in [6, 6.07) is 26.5. The molecule has 0 amide bonds. The van der Waals surface area contributed by atoms with E-state index in [9.17, 15) is 0 Å². The molecule has 0 aliphatic carbocycles. The third kappa shape index (κ3) is 2.53. The number of pyridine rings is 1. The first kappa shape index (κ1) is 13.2. The maximum Gasteiger partial charge on any atom is 0.0571 e. The fourth-order valence-corrected chi connectivity index (χ4v) is 3.22. The van der Waals surface area contributed by atoms with Crippen LogP contribution in [0.1, 0.15) is 28.8 Å². The number of hydrogen-bond acceptors (Lipinski definition) is 2. The fourth-order valence-electron chi connectivity index (χ4n) is 3.22. The minimum Gasteiger partial charge on any atom is -0.281 e. The van der Waals surface area contributed by atoms with Crippen molar-refractivity contribution in [3.63, 3.8) is 0 Å². The topological polar surface area (TPSA) is 15.9 Å². The van der Waals surface area contributed by atoms with Crippen LogP contribution in [0.3, 0.4) is 0 Å². The van der Waals surface area contributed by atoms with Gasteiger partial charge in [0.25, 0.3) is 0 Å². The minimum atomic E-state index is 0.427. The van der Waals surface area contributed by atoms with Crippen molar-refractivity contribution in [1.82, 2.24) is 9.88 Å². The average Bonchev–Trinajstić information content (AvgIpc) is 3.31. The SMILES string of the molecule is c1ccc(CN2C(c3ccccc3)C2c2cccnc2)cc1. The van der Waals surface area contributed by atoms with Gasteiger partial charge in [-0.15, -0.1) is 0 Å². The van der Waals surface area contributed by atoms with Gasteiger partial charge in [0.1, 0.15) is 0 Å². The number of aromatic nitrogens is 1. The largest absolute Gasteiger partial charge is 0.281 e. The molecule has 108 valence electrons. The molecule has 0 N–H and O–H groups in total. The van der Waals surface area contributed by atoms with Crippen LogP contribution >= 0.6 is 0 Å². The number of hydrogen-bond donors (Lipinski definition) is 0. The van der Waals surface area contributed by atoms with Crippen molar-refractivity contribution in [1.29, 1.82) is 0 Å². The molecule has 0 bridgehead atoms. The van der Waals surface area contributed by atoms with E-state index in [2.05, 4.69) is 76.6 Å². The van der Waals surface area contributed by atoms with E-state index in [0.717, 1.165) is 6.54 Å². The number of nitrogens with zero attached hydrogens (tertiary/aromatic N) is 2. The fraction of sp³-hybridized carbons (Fsp3) is 0.150. The van der Waals surface area contributed by atoms with Gasteiger partial charge in [0.15, 0.2) is 0 Å². The van der Waals surface area contributed by atoms with Crippen LogP contribution in [0.2, 0.25) is 0 Å². The summed E-state index contributed by atoms with van der Waals surface area (Å²) in [5, 5.41) is 0. The van der Waals surface area contributed by atoms with Crippen LogP contribution in [-0.2, 0) is 6.54 Å². The first-order valence-electron chi connectivity index (χ1n) is 7.68. The normalized spacial score (nSPS) is 23.2. The third-order valence-electron chi connectivity index (χ3n) is 4.30. The van der Waals surface area contributed by atoms with Crippen molar-refractivity contribution >= 4 is 0 Å². The van der Waals surface area contributed by atoms with Gasteiger partial charge in [0, 0.05) is 18.9 Å². The van der Waals surface area contributed by atoms with E-state index in [-0.39, 0.29) is 0 Å².